The Morgan fingerprint density at radius 2 is 2.36 bits per heavy atom. The predicted molar refractivity (Wildman–Crippen MR) is 60.5 cm³/mol. The van der Waals surface area contributed by atoms with Crippen molar-refractivity contribution in [2.45, 2.75) is 19.8 Å². The fourth-order valence-corrected chi connectivity index (χ4v) is 2.11. The van der Waals surface area contributed by atoms with E-state index in [1.165, 1.54) is 23.2 Å². The lowest BCUT2D eigenvalue weighted by molar-refractivity contribution is 0.503. The van der Waals surface area contributed by atoms with Crippen molar-refractivity contribution in [1.29, 1.82) is 0 Å². The van der Waals surface area contributed by atoms with Gasteiger partial charge in [-0.05, 0) is 49.4 Å². The fraction of sp³-hybridized carbons (Fsp3) is 0.500. The highest BCUT2D eigenvalue weighted by Crippen LogP contribution is 2.26. The topological polar surface area (TPSA) is 38.0 Å². The molecule has 0 bridgehead atoms. The van der Waals surface area contributed by atoms with E-state index in [1.54, 1.807) is 0 Å². The van der Waals surface area contributed by atoms with E-state index in [4.69, 9.17) is 5.73 Å². The number of fused-ring (bicyclic) bond motifs is 1. The molecule has 0 saturated heterocycles. The molecule has 0 radical (unpaired) electrons. The van der Waals surface area contributed by atoms with Gasteiger partial charge in [-0.25, -0.2) is 0 Å². The van der Waals surface area contributed by atoms with Crippen LogP contribution >= 0.6 is 0 Å². The van der Waals surface area contributed by atoms with Gasteiger partial charge in [0.1, 0.15) is 0 Å². The maximum absolute atomic E-state index is 5.58. The zero-order valence-electron chi connectivity index (χ0n) is 8.72. The molecule has 2 nitrogen and oxygen atoms in total. The minimum atomic E-state index is 0.718. The van der Waals surface area contributed by atoms with E-state index in [-0.39, 0.29) is 0 Å². The molecule has 0 aliphatic carbocycles. The summed E-state index contributed by atoms with van der Waals surface area (Å²) in [5.74, 6) is 0.718. The fourth-order valence-electron chi connectivity index (χ4n) is 2.11. The summed E-state index contributed by atoms with van der Waals surface area (Å²) in [5, 5.41) is 3.48. The molecule has 0 aromatic heterocycles. The Kier molecular flexibility index (Phi) is 2.73. The number of nitrogens with two attached hydrogens (primary N) is 1. The number of rotatable bonds is 2. The summed E-state index contributed by atoms with van der Waals surface area (Å²) in [6.45, 7) is 4.01. The third kappa shape index (κ3) is 1.90. The standard InChI is InChI=1S/C12H18N2/c1-9-2-3-11-7-10(4-5-13)8-14-12(11)6-9/h2-3,6,10,14H,4-5,7-8,13H2,1H3/t10-/m1/s1. The van der Waals surface area contributed by atoms with Gasteiger partial charge in [0.25, 0.3) is 0 Å². The van der Waals surface area contributed by atoms with Crippen LogP contribution in [0.1, 0.15) is 17.5 Å². The van der Waals surface area contributed by atoms with Crippen molar-refractivity contribution in [2.75, 3.05) is 18.4 Å². The van der Waals surface area contributed by atoms with Gasteiger partial charge in [-0.3, -0.25) is 0 Å². The lowest BCUT2D eigenvalue weighted by atomic mass is 9.91. The van der Waals surface area contributed by atoms with Crippen molar-refractivity contribution in [1.82, 2.24) is 0 Å². The number of benzene rings is 1. The van der Waals surface area contributed by atoms with Crippen molar-refractivity contribution in [3.8, 4) is 0 Å². The molecule has 1 heterocycles. The number of aryl methyl sites for hydroxylation is 1. The van der Waals surface area contributed by atoms with E-state index in [0.717, 1.165) is 25.4 Å². The van der Waals surface area contributed by atoms with Crippen LogP contribution in [-0.2, 0) is 6.42 Å². The molecule has 0 unspecified atom stereocenters. The van der Waals surface area contributed by atoms with Gasteiger partial charge in [0, 0.05) is 12.2 Å². The Hall–Kier alpha value is -1.02. The molecule has 1 aromatic carbocycles. The highest BCUT2D eigenvalue weighted by molar-refractivity contribution is 5.55. The second-order valence-corrected chi connectivity index (χ2v) is 4.19. The van der Waals surface area contributed by atoms with E-state index in [1.807, 2.05) is 0 Å². The lowest BCUT2D eigenvalue weighted by Gasteiger charge is -2.26. The molecule has 1 aliphatic rings. The van der Waals surface area contributed by atoms with Crippen molar-refractivity contribution in [3.63, 3.8) is 0 Å². The number of hydrogen-bond acceptors (Lipinski definition) is 2. The van der Waals surface area contributed by atoms with Crippen LogP contribution in [-0.4, -0.2) is 13.1 Å². The maximum atomic E-state index is 5.58. The molecule has 1 atom stereocenters. The zero-order valence-corrected chi connectivity index (χ0v) is 8.72. The molecule has 76 valence electrons. The molecule has 0 amide bonds. The summed E-state index contributed by atoms with van der Waals surface area (Å²) < 4.78 is 0. The van der Waals surface area contributed by atoms with E-state index < -0.39 is 0 Å². The second kappa shape index (κ2) is 4.01. The molecule has 2 heteroatoms. The first kappa shape index (κ1) is 9.53. The minimum absolute atomic E-state index is 0.718. The largest absolute Gasteiger partial charge is 0.385 e. The molecule has 14 heavy (non-hydrogen) atoms. The first-order valence-corrected chi connectivity index (χ1v) is 5.33. The highest BCUT2D eigenvalue weighted by atomic mass is 14.9. The van der Waals surface area contributed by atoms with E-state index in [0.29, 0.717) is 0 Å². The molecular formula is C12H18N2. The molecule has 0 saturated carbocycles. The number of anilines is 1. The number of hydrogen-bond donors (Lipinski definition) is 2. The van der Waals surface area contributed by atoms with Crippen LogP contribution < -0.4 is 11.1 Å². The summed E-state index contributed by atoms with van der Waals surface area (Å²) >= 11 is 0. The first-order chi connectivity index (χ1) is 6.79. The van der Waals surface area contributed by atoms with Crippen LogP contribution in [0.3, 0.4) is 0 Å². The smallest absolute Gasteiger partial charge is 0.0375 e. The summed E-state index contributed by atoms with van der Waals surface area (Å²) in [4.78, 5) is 0. The van der Waals surface area contributed by atoms with Gasteiger partial charge in [0.05, 0.1) is 0 Å². The average Bonchev–Trinajstić information content (AvgIpc) is 2.19. The first-order valence-electron chi connectivity index (χ1n) is 5.33. The quantitative estimate of drug-likeness (QED) is 0.747. The van der Waals surface area contributed by atoms with Crippen molar-refractivity contribution in [3.05, 3.63) is 29.3 Å². The molecule has 0 spiro atoms. The van der Waals surface area contributed by atoms with Crippen LogP contribution in [0.25, 0.3) is 0 Å². The van der Waals surface area contributed by atoms with E-state index >= 15 is 0 Å². The molecule has 1 aromatic rings. The Balaban J connectivity index is 2.15. The normalized spacial score (nSPS) is 20.0. The van der Waals surface area contributed by atoms with Gasteiger partial charge in [-0.1, -0.05) is 12.1 Å². The Bertz CT molecular complexity index is 320. The van der Waals surface area contributed by atoms with Crippen LogP contribution in [0.2, 0.25) is 0 Å². The van der Waals surface area contributed by atoms with Gasteiger partial charge in [0.2, 0.25) is 0 Å². The molecule has 2 rings (SSSR count). The van der Waals surface area contributed by atoms with Gasteiger partial charge >= 0.3 is 0 Å². The van der Waals surface area contributed by atoms with E-state index in [9.17, 15) is 0 Å². The Morgan fingerprint density at radius 1 is 1.50 bits per heavy atom. The average molecular weight is 190 g/mol. The van der Waals surface area contributed by atoms with Crippen molar-refractivity contribution in [2.24, 2.45) is 11.7 Å². The lowest BCUT2D eigenvalue weighted by Crippen LogP contribution is -2.25. The van der Waals surface area contributed by atoms with E-state index in [2.05, 4.69) is 30.4 Å². The van der Waals surface area contributed by atoms with Gasteiger partial charge in [-0.15, -0.1) is 0 Å². The second-order valence-electron chi connectivity index (χ2n) is 4.19. The minimum Gasteiger partial charge on any atom is -0.385 e. The molecule has 3 N–H and O–H groups in total. The SMILES string of the molecule is Cc1ccc2c(c1)NC[C@H](CCN)C2. The van der Waals surface area contributed by atoms with Crippen LogP contribution in [0.15, 0.2) is 18.2 Å². The van der Waals surface area contributed by atoms with Crippen molar-refractivity contribution < 1.29 is 0 Å². The third-order valence-corrected chi connectivity index (χ3v) is 2.93. The predicted octanol–water partition coefficient (Wildman–Crippen LogP) is 1.93. The van der Waals surface area contributed by atoms with Gasteiger partial charge < -0.3 is 11.1 Å². The monoisotopic (exact) mass is 190 g/mol. The Labute approximate surface area is 85.5 Å². The summed E-state index contributed by atoms with van der Waals surface area (Å²) in [6.07, 6.45) is 2.31. The van der Waals surface area contributed by atoms with Gasteiger partial charge in [-0.2, -0.15) is 0 Å². The zero-order chi connectivity index (χ0) is 9.97. The number of nitrogens with one attached hydrogen (secondary N) is 1. The van der Waals surface area contributed by atoms with Crippen LogP contribution in [0.4, 0.5) is 5.69 Å². The molecule has 0 fully saturated rings. The molecule has 1 aliphatic heterocycles. The van der Waals surface area contributed by atoms with Crippen LogP contribution in [0, 0.1) is 12.8 Å². The summed E-state index contributed by atoms with van der Waals surface area (Å²) in [7, 11) is 0. The third-order valence-electron chi connectivity index (χ3n) is 2.93. The Morgan fingerprint density at radius 3 is 3.14 bits per heavy atom. The summed E-state index contributed by atoms with van der Waals surface area (Å²) in [6, 6.07) is 6.65. The molecular weight excluding hydrogens is 172 g/mol. The summed E-state index contributed by atoms with van der Waals surface area (Å²) in [5.41, 5.74) is 9.67. The van der Waals surface area contributed by atoms with Crippen molar-refractivity contribution >= 4 is 5.69 Å². The maximum Gasteiger partial charge on any atom is 0.0375 e. The van der Waals surface area contributed by atoms with Crippen LogP contribution in [0.5, 0.6) is 0 Å². The highest BCUT2D eigenvalue weighted by Gasteiger charge is 2.16. The van der Waals surface area contributed by atoms with Gasteiger partial charge in [0.15, 0.2) is 0 Å².